The van der Waals surface area contributed by atoms with E-state index in [1.165, 1.54) is 4.90 Å². The number of thioether (sulfide) groups is 1. The van der Waals surface area contributed by atoms with Crippen LogP contribution in [0, 0.1) is 0 Å². The summed E-state index contributed by atoms with van der Waals surface area (Å²) in [4.78, 5) is 5.85. The van der Waals surface area contributed by atoms with Gasteiger partial charge in [-0.1, -0.05) is 18.2 Å². The number of guanidine groups is 1. The molecule has 6 heteroatoms. The van der Waals surface area contributed by atoms with Crippen molar-refractivity contribution in [1.29, 1.82) is 0 Å². The molecule has 0 fully saturated rings. The van der Waals surface area contributed by atoms with Gasteiger partial charge in [-0.2, -0.15) is 0 Å². The quantitative estimate of drug-likeness (QED) is 0.215. The average Bonchev–Trinajstić information content (AvgIpc) is 2.50. The van der Waals surface area contributed by atoms with Crippen LogP contribution < -0.4 is 10.6 Å². The molecule has 0 saturated carbocycles. The molecule has 1 aromatic carbocycles. The minimum absolute atomic E-state index is 0. The van der Waals surface area contributed by atoms with Crippen LogP contribution >= 0.6 is 35.7 Å². The third-order valence-electron chi connectivity index (χ3n) is 2.92. The third-order valence-corrected chi connectivity index (χ3v) is 3.93. The molecule has 0 aliphatic carbocycles. The van der Waals surface area contributed by atoms with Crippen molar-refractivity contribution >= 4 is 41.7 Å². The van der Waals surface area contributed by atoms with Gasteiger partial charge in [0.25, 0.3) is 0 Å². The van der Waals surface area contributed by atoms with Crippen molar-refractivity contribution in [3.8, 4) is 0 Å². The predicted octanol–water partition coefficient (Wildman–Crippen LogP) is 3.38. The van der Waals surface area contributed by atoms with Gasteiger partial charge >= 0.3 is 0 Å². The third kappa shape index (κ3) is 9.53. The summed E-state index contributed by atoms with van der Waals surface area (Å²) in [6.45, 7) is 8.49. The first-order chi connectivity index (χ1) is 10.1. The van der Waals surface area contributed by atoms with Crippen LogP contribution in [0.5, 0.6) is 0 Å². The number of ether oxygens (including phenoxy) is 1. The van der Waals surface area contributed by atoms with Crippen molar-refractivity contribution in [3.05, 3.63) is 30.3 Å². The first-order valence-electron chi connectivity index (χ1n) is 7.32. The van der Waals surface area contributed by atoms with Crippen LogP contribution in [0.1, 0.15) is 20.8 Å². The van der Waals surface area contributed by atoms with Gasteiger partial charge < -0.3 is 15.4 Å². The maximum Gasteiger partial charge on any atom is 0.191 e. The topological polar surface area (TPSA) is 45.7 Å². The maximum absolute atomic E-state index is 5.38. The Hall–Kier alpha value is -0.470. The Morgan fingerprint density at radius 1 is 1.23 bits per heavy atom. The average molecular weight is 437 g/mol. The van der Waals surface area contributed by atoms with Crippen molar-refractivity contribution in [2.24, 2.45) is 4.99 Å². The Kier molecular flexibility index (Phi) is 11.8. The molecule has 0 heterocycles. The SMILES string of the molecule is CCNC(=NCC(C)(C)OC)NCCSc1ccccc1.I. The standard InChI is InChI=1S/C16H27N3OS.HI/c1-5-17-15(19-13-16(2,3)20-4)18-11-12-21-14-9-7-6-8-10-14;/h6-10H,5,11-13H2,1-4H3,(H2,17,18,19);1H. The van der Waals surface area contributed by atoms with E-state index in [1.807, 2.05) is 31.7 Å². The Labute approximate surface area is 155 Å². The van der Waals surface area contributed by atoms with Crippen molar-refractivity contribution in [1.82, 2.24) is 10.6 Å². The van der Waals surface area contributed by atoms with E-state index in [2.05, 4.69) is 46.8 Å². The number of nitrogens with zero attached hydrogens (tertiary/aromatic N) is 1. The first-order valence-corrected chi connectivity index (χ1v) is 8.31. The lowest BCUT2D eigenvalue weighted by molar-refractivity contribution is 0.0311. The summed E-state index contributed by atoms with van der Waals surface area (Å²) in [6.07, 6.45) is 0. The summed E-state index contributed by atoms with van der Waals surface area (Å²) >= 11 is 1.84. The van der Waals surface area contributed by atoms with Gasteiger partial charge in [0.05, 0.1) is 12.1 Å². The Morgan fingerprint density at radius 3 is 2.50 bits per heavy atom. The monoisotopic (exact) mass is 437 g/mol. The lowest BCUT2D eigenvalue weighted by atomic mass is 10.1. The summed E-state index contributed by atoms with van der Waals surface area (Å²) in [5.41, 5.74) is -0.235. The molecule has 22 heavy (non-hydrogen) atoms. The van der Waals surface area contributed by atoms with E-state index in [4.69, 9.17) is 4.74 Å². The number of hydrogen-bond donors (Lipinski definition) is 2. The largest absolute Gasteiger partial charge is 0.377 e. The second-order valence-electron chi connectivity index (χ2n) is 5.25. The number of halogens is 1. The molecule has 0 bridgehead atoms. The van der Waals surface area contributed by atoms with Gasteiger partial charge in [0.15, 0.2) is 5.96 Å². The molecule has 126 valence electrons. The van der Waals surface area contributed by atoms with Gasteiger partial charge in [-0.15, -0.1) is 35.7 Å². The van der Waals surface area contributed by atoms with E-state index >= 15 is 0 Å². The summed E-state index contributed by atoms with van der Waals surface area (Å²) < 4.78 is 5.38. The van der Waals surface area contributed by atoms with Crippen LogP contribution in [-0.4, -0.2) is 44.1 Å². The summed E-state index contributed by atoms with van der Waals surface area (Å²) in [5, 5.41) is 6.60. The smallest absolute Gasteiger partial charge is 0.191 e. The zero-order chi connectivity index (χ0) is 15.6. The van der Waals surface area contributed by atoms with Crippen LogP contribution in [0.4, 0.5) is 0 Å². The van der Waals surface area contributed by atoms with Crippen LogP contribution in [0.25, 0.3) is 0 Å². The highest BCUT2D eigenvalue weighted by Crippen LogP contribution is 2.15. The highest BCUT2D eigenvalue weighted by Gasteiger charge is 2.15. The van der Waals surface area contributed by atoms with Gasteiger partial charge in [0.2, 0.25) is 0 Å². The summed E-state index contributed by atoms with van der Waals surface area (Å²) in [5.74, 6) is 1.85. The van der Waals surface area contributed by atoms with Gasteiger partial charge in [-0.25, -0.2) is 0 Å². The lowest BCUT2D eigenvalue weighted by Crippen LogP contribution is -2.40. The highest BCUT2D eigenvalue weighted by atomic mass is 127. The molecule has 0 unspecified atom stereocenters. The molecule has 0 atom stereocenters. The van der Waals surface area contributed by atoms with Gasteiger partial charge in [0.1, 0.15) is 0 Å². The second kappa shape index (κ2) is 12.0. The molecule has 0 radical (unpaired) electrons. The maximum atomic E-state index is 5.38. The Morgan fingerprint density at radius 2 is 1.91 bits per heavy atom. The number of rotatable bonds is 8. The summed E-state index contributed by atoms with van der Waals surface area (Å²) in [7, 11) is 1.71. The molecular weight excluding hydrogens is 409 g/mol. The Balaban J connectivity index is 0.00000441. The molecule has 1 aromatic rings. The normalized spacial score (nSPS) is 11.7. The van der Waals surface area contributed by atoms with Crippen LogP contribution in [0.15, 0.2) is 40.2 Å². The fourth-order valence-electron chi connectivity index (χ4n) is 1.53. The lowest BCUT2D eigenvalue weighted by Gasteiger charge is -2.21. The van der Waals surface area contributed by atoms with E-state index in [-0.39, 0.29) is 29.6 Å². The van der Waals surface area contributed by atoms with E-state index in [1.54, 1.807) is 7.11 Å². The van der Waals surface area contributed by atoms with Crippen LogP contribution in [0.2, 0.25) is 0 Å². The predicted molar refractivity (Wildman–Crippen MR) is 108 cm³/mol. The number of benzene rings is 1. The number of nitrogens with one attached hydrogen (secondary N) is 2. The zero-order valence-electron chi connectivity index (χ0n) is 13.9. The van der Waals surface area contributed by atoms with Gasteiger partial charge in [-0.05, 0) is 32.9 Å². The second-order valence-corrected chi connectivity index (χ2v) is 6.42. The van der Waals surface area contributed by atoms with Gasteiger partial charge in [-0.3, -0.25) is 4.99 Å². The first kappa shape index (κ1) is 21.5. The molecular formula is C16H28IN3OS. The molecule has 0 aromatic heterocycles. The van der Waals surface area contributed by atoms with E-state index < -0.39 is 0 Å². The summed E-state index contributed by atoms with van der Waals surface area (Å²) in [6, 6.07) is 10.4. The minimum atomic E-state index is -0.235. The molecule has 0 aliphatic heterocycles. The van der Waals surface area contributed by atoms with E-state index in [9.17, 15) is 0 Å². The van der Waals surface area contributed by atoms with Gasteiger partial charge in [0, 0.05) is 30.8 Å². The molecule has 0 spiro atoms. The van der Waals surface area contributed by atoms with Crippen LogP contribution in [0.3, 0.4) is 0 Å². The van der Waals surface area contributed by atoms with E-state index in [0.717, 1.165) is 24.8 Å². The van der Waals surface area contributed by atoms with Crippen molar-refractivity contribution < 1.29 is 4.74 Å². The zero-order valence-corrected chi connectivity index (χ0v) is 17.0. The Bertz CT molecular complexity index is 427. The fourth-order valence-corrected chi connectivity index (χ4v) is 2.32. The fraction of sp³-hybridized carbons (Fsp3) is 0.562. The number of hydrogen-bond acceptors (Lipinski definition) is 3. The molecule has 1 rings (SSSR count). The minimum Gasteiger partial charge on any atom is -0.377 e. The van der Waals surface area contributed by atoms with E-state index in [0.29, 0.717) is 6.54 Å². The molecule has 4 nitrogen and oxygen atoms in total. The molecule has 0 saturated heterocycles. The molecule has 0 aliphatic rings. The highest BCUT2D eigenvalue weighted by molar-refractivity contribution is 14.0. The molecule has 2 N–H and O–H groups in total. The number of methoxy groups -OCH3 is 1. The van der Waals surface area contributed by atoms with Crippen LogP contribution in [-0.2, 0) is 4.74 Å². The van der Waals surface area contributed by atoms with Crippen molar-refractivity contribution in [3.63, 3.8) is 0 Å². The number of aliphatic imine (C=N–C) groups is 1. The van der Waals surface area contributed by atoms with Crippen molar-refractivity contribution in [2.75, 3.05) is 32.5 Å². The van der Waals surface area contributed by atoms with Crippen molar-refractivity contribution in [2.45, 2.75) is 31.3 Å². The molecule has 0 amide bonds.